The Hall–Kier alpha value is -6.50. The molecule has 234 valence electrons. The monoisotopic (exact) mass is 658 g/mol. The van der Waals surface area contributed by atoms with Crippen molar-refractivity contribution in [1.29, 1.82) is 0 Å². The summed E-state index contributed by atoms with van der Waals surface area (Å²) in [5.41, 5.74) is 7.78. The molecule has 0 aliphatic rings. The van der Waals surface area contributed by atoms with Gasteiger partial charge in [-0.25, -0.2) is 19.9 Å². The van der Waals surface area contributed by atoms with Crippen LogP contribution in [0.25, 0.3) is 98.8 Å². The van der Waals surface area contributed by atoms with Gasteiger partial charge in [-0.15, -0.1) is 11.3 Å². The summed E-state index contributed by atoms with van der Waals surface area (Å²) in [6.07, 6.45) is 0. The second-order valence-corrected chi connectivity index (χ2v) is 13.3. The van der Waals surface area contributed by atoms with Crippen molar-refractivity contribution in [2.45, 2.75) is 0 Å². The topological polar surface area (TPSA) is 64.7 Å². The van der Waals surface area contributed by atoms with Crippen molar-refractivity contribution in [3.8, 4) is 56.7 Å². The van der Waals surface area contributed by atoms with Crippen LogP contribution in [0.5, 0.6) is 0 Å². The van der Waals surface area contributed by atoms with E-state index < -0.39 is 0 Å². The van der Waals surface area contributed by atoms with E-state index >= 15 is 0 Å². The third-order valence-corrected chi connectivity index (χ3v) is 10.3. The predicted molar refractivity (Wildman–Crippen MR) is 205 cm³/mol. The molecule has 0 saturated carbocycles. The molecule has 0 saturated heterocycles. The first-order valence-electron chi connectivity index (χ1n) is 16.5. The fourth-order valence-electron chi connectivity index (χ4n) is 6.84. The Labute approximate surface area is 291 Å². The number of nitrogens with zero attached hydrogens (tertiary/aromatic N) is 4. The number of oxazole rings is 1. The lowest BCUT2D eigenvalue weighted by molar-refractivity contribution is 0.620. The Morgan fingerprint density at radius 3 is 1.64 bits per heavy atom. The fraction of sp³-hybridized carbons (Fsp3) is 0. The van der Waals surface area contributed by atoms with Crippen LogP contribution in [0.1, 0.15) is 0 Å². The SMILES string of the molecule is c1ccc(-c2nc(-c3ccccc3)nc(-c3cccc4c(-c5cccc6sc7cc8nc(-c9ccccc9)oc8cc7c56)cccc34)n2)cc1. The van der Waals surface area contributed by atoms with Gasteiger partial charge >= 0.3 is 0 Å². The molecule has 50 heavy (non-hydrogen) atoms. The van der Waals surface area contributed by atoms with Crippen molar-refractivity contribution >= 4 is 53.4 Å². The van der Waals surface area contributed by atoms with E-state index in [0.717, 1.165) is 55.1 Å². The normalized spacial score (nSPS) is 11.6. The average Bonchev–Trinajstić information content (AvgIpc) is 3.78. The summed E-state index contributed by atoms with van der Waals surface area (Å²) in [5.74, 6) is 2.56. The van der Waals surface area contributed by atoms with Gasteiger partial charge in [0.25, 0.3) is 0 Å². The molecule has 0 N–H and O–H groups in total. The Morgan fingerprint density at radius 1 is 0.400 bits per heavy atom. The lowest BCUT2D eigenvalue weighted by atomic mass is 9.93. The molecule has 3 heterocycles. The van der Waals surface area contributed by atoms with E-state index in [2.05, 4.69) is 66.7 Å². The second-order valence-electron chi connectivity index (χ2n) is 12.2. The zero-order valence-corrected chi connectivity index (χ0v) is 27.4. The van der Waals surface area contributed by atoms with Crippen molar-refractivity contribution in [3.05, 3.63) is 158 Å². The first-order valence-corrected chi connectivity index (χ1v) is 17.3. The van der Waals surface area contributed by atoms with Gasteiger partial charge in [-0.1, -0.05) is 127 Å². The van der Waals surface area contributed by atoms with Gasteiger partial charge in [0.15, 0.2) is 23.1 Å². The van der Waals surface area contributed by atoms with E-state index in [-0.39, 0.29) is 0 Å². The molecule has 0 aliphatic carbocycles. The Bertz CT molecular complexity index is 2810. The zero-order chi connectivity index (χ0) is 33.0. The largest absolute Gasteiger partial charge is 0.436 e. The highest BCUT2D eigenvalue weighted by molar-refractivity contribution is 7.26. The van der Waals surface area contributed by atoms with Crippen molar-refractivity contribution < 1.29 is 4.42 Å². The summed E-state index contributed by atoms with van der Waals surface area (Å²) in [7, 11) is 0. The minimum Gasteiger partial charge on any atom is -0.436 e. The van der Waals surface area contributed by atoms with Gasteiger partial charge in [0.1, 0.15) is 5.52 Å². The number of hydrogen-bond acceptors (Lipinski definition) is 6. The van der Waals surface area contributed by atoms with Crippen LogP contribution in [0.4, 0.5) is 0 Å². The van der Waals surface area contributed by atoms with Gasteiger partial charge in [-0.05, 0) is 52.2 Å². The maximum Gasteiger partial charge on any atom is 0.227 e. The molecular weight excluding hydrogens is 633 g/mol. The molecule has 0 amide bonds. The van der Waals surface area contributed by atoms with Crippen molar-refractivity contribution in [3.63, 3.8) is 0 Å². The molecule has 7 aromatic carbocycles. The highest BCUT2D eigenvalue weighted by Crippen LogP contribution is 2.44. The molecule has 10 rings (SSSR count). The Kier molecular flexibility index (Phi) is 6.60. The van der Waals surface area contributed by atoms with Gasteiger partial charge in [0, 0.05) is 42.4 Å². The Morgan fingerprint density at radius 2 is 0.960 bits per heavy atom. The number of hydrogen-bond donors (Lipinski definition) is 0. The number of fused-ring (bicyclic) bond motifs is 5. The lowest BCUT2D eigenvalue weighted by Crippen LogP contribution is -2.00. The van der Waals surface area contributed by atoms with Gasteiger partial charge in [0.2, 0.25) is 5.89 Å². The van der Waals surface area contributed by atoms with Gasteiger partial charge in [-0.2, -0.15) is 0 Å². The minimum absolute atomic E-state index is 0.633. The van der Waals surface area contributed by atoms with Crippen LogP contribution in [0, 0.1) is 0 Å². The number of benzene rings is 7. The average molecular weight is 659 g/mol. The minimum atomic E-state index is 0.633. The number of rotatable bonds is 5. The first kappa shape index (κ1) is 28.5. The molecule has 3 aromatic heterocycles. The van der Waals surface area contributed by atoms with Crippen LogP contribution in [-0.4, -0.2) is 19.9 Å². The standard InChI is InChI=1S/C44H26N4OS/c1-4-13-27(14-5-1)41-46-42(28-15-6-2-7-16-28)48-43(47-41)34-23-11-19-30-31(20-10-21-32(30)34)33-22-12-24-38-40(33)35-25-37-36(26-39(35)50-38)45-44(49-37)29-17-8-3-9-18-29/h1-26H. The highest BCUT2D eigenvalue weighted by Gasteiger charge is 2.19. The van der Waals surface area contributed by atoms with E-state index in [4.69, 9.17) is 24.4 Å². The highest BCUT2D eigenvalue weighted by atomic mass is 32.1. The van der Waals surface area contributed by atoms with Crippen LogP contribution in [-0.2, 0) is 0 Å². The maximum atomic E-state index is 6.32. The Balaban J connectivity index is 1.16. The summed E-state index contributed by atoms with van der Waals surface area (Å²) in [5, 5.41) is 4.58. The first-order chi connectivity index (χ1) is 24.8. The number of aromatic nitrogens is 4. The van der Waals surface area contributed by atoms with Crippen molar-refractivity contribution in [2.75, 3.05) is 0 Å². The van der Waals surface area contributed by atoms with E-state index in [1.165, 1.54) is 20.3 Å². The second kappa shape index (κ2) is 11.6. The molecular formula is C44H26N4OS. The molecule has 0 fully saturated rings. The van der Waals surface area contributed by atoms with Gasteiger partial charge in [-0.3, -0.25) is 0 Å². The molecule has 0 unspecified atom stereocenters. The molecule has 6 heteroatoms. The summed E-state index contributed by atoms with van der Waals surface area (Å²) in [6.45, 7) is 0. The molecule has 0 radical (unpaired) electrons. The van der Waals surface area contributed by atoms with E-state index in [9.17, 15) is 0 Å². The van der Waals surface area contributed by atoms with Gasteiger partial charge in [0.05, 0.1) is 0 Å². The van der Waals surface area contributed by atoms with Crippen LogP contribution in [0.2, 0.25) is 0 Å². The van der Waals surface area contributed by atoms with Crippen LogP contribution >= 0.6 is 11.3 Å². The van der Waals surface area contributed by atoms with Gasteiger partial charge < -0.3 is 4.42 Å². The third kappa shape index (κ3) is 4.77. The van der Waals surface area contributed by atoms with E-state index in [0.29, 0.717) is 23.4 Å². The van der Waals surface area contributed by atoms with Crippen LogP contribution in [0.15, 0.2) is 162 Å². The predicted octanol–water partition coefficient (Wildman–Crippen LogP) is 11.9. The lowest BCUT2D eigenvalue weighted by Gasteiger charge is -2.13. The summed E-state index contributed by atoms with van der Waals surface area (Å²) in [4.78, 5) is 19.8. The molecule has 10 aromatic rings. The third-order valence-electron chi connectivity index (χ3n) is 9.18. The summed E-state index contributed by atoms with van der Waals surface area (Å²) >= 11 is 1.79. The van der Waals surface area contributed by atoms with Crippen molar-refractivity contribution in [1.82, 2.24) is 19.9 Å². The summed E-state index contributed by atoms with van der Waals surface area (Å²) < 4.78 is 8.72. The molecule has 5 nitrogen and oxygen atoms in total. The zero-order valence-electron chi connectivity index (χ0n) is 26.6. The maximum absolute atomic E-state index is 6.32. The van der Waals surface area contributed by atoms with Crippen LogP contribution in [0.3, 0.4) is 0 Å². The molecule has 0 aliphatic heterocycles. The van der Waals surface area contributed by atoms with E-state index in [1.807, 2.05) is 91.0 Å². The fourth-order valence-corrected chi connectivity index (χ4v) is 7.99. The molecule has 0 atom stereocenters. The van der Waals surface area contributed by atoms with E-state index in [1.54, 1.807) is 11.3 Å². The quantitative estimate of drug-likeness (QED) is 0.184. The van der Waals surface area contributed by atoms with Crippen molar-refractivity contribution in [2.24, 2.45) is 0 Å². The molecule has 0 bridgehead atoms. The smallest absolute Gasteiger partial charge is 0.227 e. The summed E-state index contributed by atoms with van der Waals surface area (Å²) in [6, 6.07) is 54.0. The molecule has 0 spiro atoms. The number of thiophene rings is 1. The van der Waals surface area contributed by atoms with Crippen LogP contribution < -0.4 is 0 Å².